The van der Waals surface area contributed by atoms with E-state index in [1.807, 2.05) is 6.26 Å². The van der Waals surface area contributed by atoms with Crippen LogP contribution in [-0.2, 0) is 0 Å². The van der Waals surface area contributed by atoms with Crippen molar-refractivity contribution in [3.63, 3.8) is 0 Å². The number of aromatic carboxylic acids is 1. The third kappa shape index (κ3) is 3.45. The summed E-state index contributed by atoms with van der Waals surface area (Å²) in [4.78, 5) is 19.1. The lowest BCUT2D eigenvalue weighted by Gasteiger charge is -2.04. The standard InChI is InChI=1S/C12H9FN2O2S2/c1-18-10-5-11(15-6-14-10)19-9-4-7(12(16)17)2-3-8(9)13/h2-6H,1H3,(H,16,17). The summed E-state index contributed by atoms with van der Waals surface area (Å²) in [6, 6.07) is 5.39. The number of carboxylic acid groups (broad SMARTS) is 1. The van der Waals surface area contributed by atoms with Gasteiger partial charge in [0.15, 0.2) is 0 Å². The zero-order valence-corrected chi connectivity index (χ0v) is 11.5. The summed E-state index contributed by atoms with van der Waals surface area (Å²) in [5.74, 6) is -1.56. The van der Waals surface area contributed by atoms with E-state index >= 15 is 0 Å². The predicted molar refractivity (Wildman–Crippen MR) is 71.3 cm³/mol. The van der Waals surface area contributed by atoms with Crippen molar-refractivity contribution < 1.29 is 14.3 Å². The summed E-state index contributed by atoms with van der Waals surface area (Å²) in [5.41, 5.74) is 0.0445. The van der Waals surface area contributed by atoms with E-state index in [-0.39, 0.29) is 10.5 Å². The van der Waals surface area contributed by atoms with E-state index in [9.17, 15) is 9.18 Å². The van der Waals surface area contributed by atoms with Crippen LogP contribution in [0.15, 0.2) is 45.5 Å². The molecule has 0 unspecified atom stereocenters. The number of hydrogen-bond acceptors (Lipinski definition) is 5. The van der Waals surface area contributed by atoms with E-state index in [2.05, 4.69) is 9.97 Å². The maximum Gasteiger partial charge on any atom is 0.335 e. The Labute approximate surface area is 117 Å². The molecule has 4 nitrogen and oxygen atoms in total. The predicted octanol–water partition coefficient (Wildman–Crippen LogP) is 3.19. The number of hydrogen-bond donors (Lipinski definition) is 1. The van der Waals surface area contributed by atoms with Gasteiger partial charge in [-0.1, -0.05) is 11.8 Å². The van der Waals surface area contributed by atoms with Crippen LogP contribution in [0.25, 0.3) is 0 Å². The van der Waals surface area contributed by atoms with E-state index in [1.165, 1.54) is 30.2 Å². The Balaban J connectivity index is 2.31. The molecule has 19 heavy (non-hydrogen) atoms. The lowest BCUT2D eigenvalue weighted by atomic mass is 10.2. The molecule has 1 heterocycles. The molecule has 0 aliphatic carbocycles. The van der Waals surface area contributed by atoms with Crippen molar-refractivity contribution in [3.8, 4) is 0 Å². The summed E-state index contributed by atoms with van der Waals surface area (Å²) < 4.78 is 13.6. The van der Waals surface area contributed by atoms with Crippen LogP contribution in [0.4, 0.5) is 4.39 Å². The minimum atomic E-state index is -1.09. The van der Waals surface area contributed by atoms with Gasteiger partial charge in [-0.05, 0) is 24.5 Å². The minimum Gasteiger partial charge on any atom is -0.478 e. The van der Waals surface area contributed by atoms with Crippen LogP contribution in [0.5, 0.6) is 0 Å². The maximum atomic E-state index is 13.6. The van der Waals surface area contributed by atoms with Crippen LogP contribution in [0, 0.1) is 5.82 Å². The Morgan fingerprint density at radius 2 is 2.00 bits per heavy atom. The number of halogens is 1. The van der Waals surface area contributed by atoms with Crippen molar-refractivity contribution in [2.45, 2.75) is 14.9 Å². The number of benzene rings is 1. The fourth-order valence-corrected chi connectivity index (χ4v) is 2.62. The highest BCUT2D eigenvalue weighted by molar-refractivity contribution is 7.99. The molecule has 0 amide bonds. The molecule has 0 atom stereocenters. The summed E-state index contributed by atoms with van der Waals surface area (Å²) >= 11 is 2.53. The van der Waals surface area contributed by atoms with Crippen LogP contribution in [0.3, 0.4) is 0 Å². The van der Waals surface area contributed by atoms with Gasteiger partial charge in [-0.3, -0.25) is 0 Å². The summed E-state index contributed by atoms with van der Waals surface area (Å²) in [7, 11) is 0. The van der Waals surface area contributed by atoms with Crippen LogP contribution >= 0.6 is 23.5 Å². The second-order valence-electron chi connectivity index (χ2n) is 3.45. The molecular weight excluding hydrogens is 287 g/mol. The van der Waals surface area contributed by atoms with Crippen LogP contribution in [0.1, 0.15) is 10.4 Å². The molecule has 98 valence electrons. The van der Waals surface area contributed by atoms with E-state index in [0.29, 0.717) is 5.03 Å². The molecular formula is C12H9FN2O2S2. The number of carboxylic acids is 1. The van der Waals surface area contributed by atoms with Crippen molar-refractivity contribution in [2.75, 3.05) is 6.26 Å². The Morgan fingerprint density at radius 3 is 2.68 bits per heavy atom. The molecule has 0 aliphatic heterocycles. The number of aromatic nitrogens is 2. The highest BCUT2D eigenvalue weighted by Gasteiger charge is 2.10. The van der Waals surface area contributed by atoms with Gasteiger partial charge in [0.2, 0.25) is 0 Å². The fraction of sp³-hybridized carbons (Fsp3) is 0.0833. The molecule has 0 saturated heterocycles. The maximum absolute atomic E-state index is 13.6. The molecule has 0 aliphatic rings. The SMILES string of the molecule is CSc1cc(Sc2cc(C(=O)O)ccc2F)ncn1. The quantitative estimate of drug-likeness (QED) is 0.690. The largest absolute Gasteiger partial charge is 0.478 e. The van der Waals surface area contributed by atoms with E-state index in [1.54, 1.807) is 6.07 Å². The molecule has 0 fully saturated rings. The highest BCUT2D eigenvalue weighted by Crippen LogP contribution is 2.30. The van der Waals surface area contributed by atoms with Crippen molar-refractivity contribution in [1.29, 1.82) is 0 Å². The first-order chi connectivity index (χ1) is 9.10. The molecule has 0 bridgehead atoms. The lowest BCUT2D eigenvalue weighted by molar-refractivity contribution is 0.0696. The van der Waals surface area contributed by atoms with Gasteiger partial charge in [0.05, 0.1) is 10.5 Å². The van der Waals surface area contributed by atoms with Crippen molar-refractivity contribution >= 4 is 29.5 Å². The Kier molecular flexibility index (Phi) is 4.39. The normalized spacial score (nSPS) is 10.4. The van der Waals surface area contributed by atoms with Crippen molar-refractivity contribution in [1.82, 2.24) is 9.97 Å². The second-order valence-corrected chi connectivity index (χ2v) is 5.34. The van der Waals surface area contributed by atoms with Crippen LogP contribution in [-0.4, -0.2) is 27.3 Å². The zero-order chi connectivity index (χ0) is 13.8. The first kappa shape index (κ1) is 13.8. The molecule has 0 saturated carbocycles. The number of rotatable bonds is 4. The number of carbonyl (C=O) groups is 1. The van der Waals surface area contributed by atoms with Crippen LogP contribution < -0.4 is 0 Å². The fourth-order valence-electron chi connectivity index (χ4n) is 1.32. The van der Waals surface area contributed by atoms with E-state index in [0.717, 1.165) is 22.9 Å². The minimum absolute atomic E-state index is 0.0445. The second kappa shape index (κ2) is 6.03. The van der Waals surface area contributed by atoms with Crippen molar-refractivity contribution in [2.24, 2.45) is 0 Å². The monoisotopic (exact) mass is 296 g/mol. The van der Waals surface area contributed by atoms with Gasteiger partial charge >= 0.3 is 5.97 Å². The molecule has 1 aromatic carbocycles. The van der Waals surface area contributed by atoms with Gasteiger partial charge in [-0.25, -0.2) is 19.2 Å². The summed E-state index contributed by atoms with van der Waals surface area (Å²) in [6.07, 6.45) is 3.27. The average Bonchev–Trinajstić information content (AvgIpc) is 2.41. The van der Waals surface area contributed by atoms with E-state index < -0.39 is 11.8 Å². The van der Waals surface area contributed by atoms with Gasteiger partial charge in [-0.2, -0.15) is 0 Å². The molecule has 2 aromatic rings. The Morgan fingerprint density at radius 1 is 1.26 bits per heavy atom. The Hall–Kier alpha value is -1.60. The summed E-state index contributed by atoms with van der Waals surface area (Å²) in [6.45, 7) is 0. The first-order valence-electron chi connectivity index (χ1n) is 5.17. The molecule has 2 rings (SSSR count). The molecule has 0 radical (unpaired) electrons. The molecule has 1 N–H and O–H groups in total. The summed E-state index contributed by atoms with van der Waals surface area (Å²) in [5, 5.41) is 10.2. The molecule has 1 aromatic heterocycles. The Bertz CT molecular complexity index is 622. The smallest absolute Gasteiger partial charge is 0.335 e. The number of thioether (sulfide) groups is 1. The van der Waals surface area contributed by atoms with Crippen molar-refractivity contribution in [3.05, 3.63) is 42.0 Å². The third-order valence-corrected chi connectivity index (χ3v) is 3.83. The molecule has 7 heteroatoms. The van der Waals surface area contributed by atoms with E-state index in [4.69, 9.17) is 5.11 Å². The van der Waals surface area contributed by atoms with Gasteiger partial charge in [0, 0.05) is 6.07 Å². The van der Waals surface area contributed by atoms with Gasteiger partial charge in [0.1, 0.15) is 22.2 Å². The van der Waals surface area contributed by atoms with Crippen LogP contribution in [0.2, 0.25) is 0 Å². The van der Waals surface area contributed by atoms with Gasteiger partial charge < -0.3 is 5.11 Å². The van der Waals surface area contributed by atoms with Gasteiger partial charge in [0.25, 0.3) is 0 Å². The van der Waals surface area contributed by atoms with Gasteiger partial charge in [-0.15, -0.1) is 11.8 Å². The lowest BCUT2D eigenvalue weighted by Crippen LogP contribution is -1.97. The topological polar surface area (TPSA) is 63.1 Å². The highest BCUT2D eigenvalue weighted by atomic mass is 32.2. The number of nitrogens with zero attached hydrogens (tertiary/aromatic N) is 2. The first-order valence-corrected chi connectivity index (χ1v) is 7.21. The average molecular weight is 296 g/mol. The third-order valence-electron chi connectivity index (χ3n) is 2.22. The zero-order valence-electron chi connectivity index (χ0n) is 9.83. The molecule has 0 spiro atoms.